The molecule has 0 spiro atoms. The van der Waals surface area contributed by atoms with Gasteiger partial charge in [-0.05, 0) is 101 Å². The molecule has 10 rings (SSSR count). The smallest absolute Gasteiger partial charge is 0.136 e. The molecular formula is C48H30O. The number of benzene rings is 9. The van der Waals surface area contributed by atoms with Gasteiger partial charge in [0.1, 0.15) is 11.2 Å². The molecule has 0 fully saturated rings. The van der Waals surface area contributed by atoms with Crippen molar-refractivity contribution in [3.05, 3.63) is 182 Å². The molecule has 0 saturated carbocycles. The first-order valence-corrected chi connectivity index (χ1v) is 16.2. The zero-order valence-electron chi connectivity index (χ0n) is 34.1. The summed E-state index contributed by atoms with van der Waals surface area (Å²) in [4.78, 5) is 0. The molecule has 0 bridgehead atoms. The van der Waals surface area contributed by atoms with Gasteiger partial charge in [0.2, 0.25) is 0 Å². The summed E-state index contributed by atoms with van der Waals surface area (Å²) in [5.41, 5.74) is 6.80. The van der Waals surface area contributed by atoms with Gasteiger partial charge in [-0.15, -0.1) is 0 Å². The predicted octanol–water partition coefficient (Wildman–Crippen LogP) is 13.7. The molecule has 0 atom stereocenters. The van der Waals surface area contributed by atoms with Crippen LogP contribution >= 0.6 is 0 Å². The second-order valence-electron chi connectivity index (χ2n) is 12.2. The Morgan fingerprint density at radius 3 is 1.57 bits per heavy atom. The highest BCUT2D eigenvalue weighted by Gasteiger charge is 2.19. The fourth-order valence-electron chi connectivity index (χ4n) is 7.22. The Morgan fingerprint density at radius 1 is 0.347 bits per heavy atom. The van der Waals surface area contributed by atoms with Crippen molar-refractivity contribution in [2.75, 3.05) is 0 Å². The Morgan fingerprint density at radius 2 is 0.878 bits per heavy atom. The van der Waals surface area contributed by atoms with E-state index in [2.05, 4.69) is 30.3 Å². The van der Waals surface area contributed by atoms with Gasteiger partial charge in [-0.25, -0.2) is 0 Å². The minimum absolute atomic E-state index is 0.183. The summed E-state index contributed by atoms with van der Waals surface area (Å²) in [7, 11) is 0. The van der Waals surface area contributed by atoms with Crippen molar-refractivity contribution in [2.45, 2.75) is 0 Å². The third-order valence-corrected chi connectivity index (χ3v) is 9.50. The van der Waals surface area contributed by atoms with Crippen LogP contribution in [0.15, 0.2) is 186 Å². The molecule has 1 heteroatoms. The van der Waals surface area contributed by atoms with Crippen LogP contribution < -0.4 is 0 Å². The second-order valence-corrected chi connectivity index (χ2v) is 12.2. The molecule has 0 radical (unpaired) electrons. The van der Waals surface area contributed by atoms with E-state index in [1.54, 1.807) is 0 Å². The number of rotatable bonds is 4. The Kier molecular flexibility index (Phi) is 4.69. The summed E-state index contributed by atoms with van der Waals surface area (Å²) in [6.07, 6.45) is 0. The van der Waals surface area contributed by atoms with Gasteiger partial charge < -0.3 is 4.42 Å². The molecule has 0 N–H and O–H groups in total. The minimum atomic E-state index is -0.429. The van der Waals surface area contributed by atoms with Crippen molar-refractivity contribution in [3.8, 4) is 44.5 Å². The molecule has 0 aliphatic rings. The summed E-state index contributed by atoms with van der Waals surface area (Å²) < 4.78 is 78.9. The lowest BCUT2D eigenvalue weighted by Crippen LogP contribution is -1.92. The average molecular weight is 631 g/mol. The van der Waals surface area contributed by atoms with Crippen LogP contribution in [0, 0.1) is 0 Å². The molecule has 0 aliphatic heterocycles. The van der Waals surface area contributed by atoms with Crippen LogP contribution in [0.2, 0.25) is 0 Å². The monoisotopic (exact) mass is 630 g/mol. The zero-order valence-corrected chi connectivity index (χ0v) is 26.1. The molecular weight excluding hydrogens is 593 g/mol. The molecule has 9 aromatic carbocycles. The summed E-state index contributed by atoms with van der Waals surface area (Å²) in [6.45, 7) is 0. The van der Waals surface area contributed by atoms with E-state index in [4.69, 9.17) is 9.90 Å². The fourth-order valence-corrected chi connectivity index (χ4v) is 7.22. The molecule has 1 nitrogen and oxygen atoms in total. The van der Waals surface area contributed by atoms with Gasteiger partial charge in [-0.1, -0.05) is 158 Å². The molecule has 0 aliphatic carbocycles. The van der Waals surface area contributed by atoms with Gasteiger partial charge in [0.05, 0.1) is 11.0 Å². The Hall–Kier alpha value is -6.44. The van der Waals surface area contributed by atoms with Crippen LogP contribution in [0.4, 0.5) is 0 Å². The van der Waals surface area contributed by atoms with Crippen molar-refractivity contribution < 1.29 is 15.4 Å². The van der Waals surface area contributed by atoms with Gasteiger partial charge >= 0.3 is 0 Å². The Labute approximate surface area is 295 Å². The maximum atomic E-state index is 9.36. The molecule has 0 saturated heterocycles. The number of furan rings is 1. The van der Waals surface area contributed by atoms with Crippen LogP contribution in [0.25, 0.3) is 98.8 Å². The second kappa shape index (κ2) is 11.1. The lowest BCUT2D eigenvalue weighted by atomic mass is 9.83. The van der Waals surface area contributed by atoms with Gasteiger partial charge in [0.25, 0.3) is 0 Å². The first-order chi connectivity index (χ1) is 27.6. The third-order valence-electron chi connectivity index (χ3n) is 9.50. The highest BCUT2D eigenvalue weighted by Crippen LogP contribution is 2.46. The van der Waals surface area contributed by atoms with E-state index < -0.39 is 24.2 Å². The molecule has 228 valence electrons. The fraction of sp³-hybridized carbons (Fsp3) is 0. The molecule has 10 aromatic rings. The van der Waals surface area contributed by atoms with Crippen molar-refractivity contribution in [3.63, 3.8) is 0 Å². The SMILES string of the molecule is [2H]c1c([2H])c([2H])c2c(-c3ccccc3-c3ccccc3)c3c([2H])c([2H])c([2H])c([2H])c3c(-c3ccc(-c4ccc5oc6cc7ccccc7cc6c5c4)cc3)c2c1[2H]. The maximum absolute atomic E-state index is 9.36. The van der Waals surface area contributed by atoms with Gasteiger partial charge in [-0.3, -0.25) is 0 Å². The maximum Gasteiger partial charge on any atom is 0.136 e. The molecule has 49 heavy (non-hydrogen) atoms. The lowest BCUT2D eigenvalue weighted by molar-refractivity contribution is 0.669. The predicted molar refractivity (Wildman–Crippen MR) is 208 cm³/mol. The lowest BCUT2D eigenvalue weighted by Gasteiger charge is -2.19. The summed E-state index contributed by atoms with van der Waals surface area (Å²) in [6, 6.07) is 40.2. The van der Waals surface area contributed by atoms with Gasteiger partial charge in [-0.2, -0.15) is 0 Å². The molecule has 1 heterocycles. The topological polar surface area (TPSA) is 13.1 Å². The molecule has 0 amide bonds. The van der Waals surface area contributed by atoms with Crippen molar-refractivity contribution in [2.24, 2.45) is 0 Å². The van der Waals surface area contributed by atoms with Crippen LogP contribution in [0.3, 0.4) is 0 Å². The molecule has 0 unspecified atom stereocenters. The number of hydrogen-bond acceptors (Lipinski definition) is 1. The van der Waals surface area contributed by atoms with Crippen LogP contribution in [-0.4, -0.2) is 0 Å². The van der Waals surface area contributed by atoms with E-state index in [-0.39, 0.29) is 45.7 Å². The van der Waals surface area contributed by atoms with Crippen molar-refractivity contribution >= 4 is 54.3 Å². The largest absolute Gasteiger partial charge is 0.456 e. The minimum Gasteiger partial charge on any atom is -0.456 e. The van der Waals surface area contributed by atoms with E-state index in [1.165, 1.54) is 0 Å². The highest BCUT2D eigenvalue weighted by atomic mass is 16.3. The van der Waals surface area contributed by atoms with Crippen LogP contribution in [0.1, 0.15) is 11.0 Å². The average Bonchev–Trinajstić information content (AvgIpc) is 3.61. The first kappa shape index (κ1) is 20.7. The number of fused-ring (bicyclic) bond motifs is 6. The highest BCUT2D eigenvalue weighted by molar-refractivity contribution is 6.22. The van der Waals surface area contributed by atoms with Crippen molar-refractivity contribution in [1.82, 2.24) is 0 Å². The first-order valence-electron chi connectivity index (χ1n) is 20.2. The van der Waals surface area contributed by atoms with E-state index in [1.807, 2.05) is 103 Å². The van der Waals surface area contributed by atoms with E-state index >= 15 is 0 Å². The van der Waals surface area contributed by atoms with Gasteiger partial charge in [0.15, 0.2) is 0 Å². The molecule has 1 aromatic heterocycles. The van der Waals surface area contributed by atoms with E-state index in [0.717, 1.165) is 55.0 Å². The Bertz CT molecular complexity index is 3240. The van der Waals surface area contributed by atoms with Crippen LogP contribution in [-0.2, 0) is 0 Å². The zero-order chi connectivity index (χ0) is 39.3. The van der Waals surface area contributed by atoms with Crippen LogP contribution in [0.5, 0.6) is 0 Å². The van der Waals surface area contributed by atoms with Crippen molar-refractivity contribution in [1.29, 1.82) is 0 Å². The summed E-state index contributed by atoms with van der Waals surface area (Å²) in [5.74, 6) is 0. The van der Waals surface area contributed by atoms with E-state index in [0.29, 0.717) is 22.3 Å². The Balaban J connectivity index is 1.26. The standard InChI is InChI=1S/C48H30O/c1-2-12-32(13-3-1)37-16-6-7-17-38(37)48-41-20-10-8-18-39(41)47(40-19-9-11-21-42(40)48)33-24-22-31(23-25-33)36-26-27-45-43(29-36)44-28-34-14-4-5-15-35(34)30-46(44)49-45/h1-30H/i8D,9D,10D,11D,18D,19D,20D,21D. The van der Waals surface area contributed by atoms with E-state index in [9.17, 15) is 5.48 Å². The number of hydrogen-bond donors (Lipinski definition) is 0. The third kappa shape index (κ3) is 4.47. The quantitative estimate of drug-likeness (QED) is 0.176. The van der Waals surface area contributed by atoms with Gasteiger partial charge in [0, 0.05) is 10.8 Å². The summed E-state index contributed by atoms with van der Waals surface area (Å²) in [5, 5.41) is 4.95. The summed E-state index contributed by atoms with van der Waals surface area (Å²) >= 11 is 0. The normalized spacial score (nSPS) is 14.0.